The number of hydrogen-bond donors (Lipinski definition) is 2. The van der Waals surface area contributed by atoms with E-state index >= 15 is 0 Å². The molecule has 0 aliphatic rings. The Morgan fingerprint density at radius 3 is 2.60 bits per heavy atom. The number of rotatable bonds is 6. The van der Waals surface area contributed by atoms with E-state index in [9.17, 15) is 0 Å². The summed E-state index contributed by atoms with van der Waals surface area (Å²) in [7, 11) is 3.23. The molecule has 0 spiro atoms. The molecule has 0 aromatic heterocycles. The van der Waals surface area contributed by atoms with Crippen molar-refractivity contribution in [1.29, 1.82) is 0 Å². The predicted octanol–water partition coefficient (Wildman–Crippen LogP) is 1.39. The van der Waals surface area contributed by atoms with Crippen LogP contribution in [0.15, 0.2) is 23.2 Å². The average molecular weight is 275 g/mol. The van der Waals surface area contributed by atoms with Crippen LogP contribution in [0.25, 0.3) is 0 Å². The quantitative estimate of drug-likeness (QED) is 0.468. The zero-order chi connectivity index (χ0) is 14.8. The highest BCUT2D eigenvalue weighted by Crippen LogP contribution is 2.27. The summed E-state index contributed by atoms with van der Waals surface area (Å²) >= 11 is 0. The fourth-order valence-electron chi connectivity index (χ4n) is 1.63. The van der Waals surface area contributed by atoms with E-state index in [-0.39, 0.29) is 0 Å². The first-order valence-corrected chi connectivity index (χ1v) is 6.41. The molecule has 0 saturated heterocycles. The lowest BCUT2D eigenvalue weighted by Gasteiger charge is -2.10. The SMILES string of the molecule is C#CCNC(=NCc1ccc(OC)c(OC)c1)NCC. The van der Waals surface area contributed by atoms with E-state index in [0.717, 1.165) is 12.1 Å². The standard InChI is InChI=1S/C15H21N3O2/c1-5-9-17-15(16-6-2)18-11-12-7-8-13(19-3)14(10-12)20-4/h1,7-8,10H,6,9,11H2,2-4H3,(H2,16,17,18). The minimum atomic E-state index is 0.442. The van der Waals surface area contributed by atoms with Crippen molar-refractivity contribution in [2.75, 3.05) is 27.3 Å². The Balaban J connectivity index is 2.78. The Morgan fingerprint density at radius 1 is 1.25 bits per heavy atom. The molecule has 0 heterocycles. The van der Waals surface area contributed by atoms with Gasteiger partial charge in [0.15, 0.2) is 17.5 Å². The van der Waals surface area contributed by atoms with Gasteiger partial charge in [0.25, 0.3) is 0 Å². The van der Waals surface area contributed by atoms with Gasteiger partial charge in [0.2, 0.25) is 0 Å². The van der Waals surface area contributed by atoms with E-state index in [2.05, 4.69) is 21.5 Å². The smallest absolute Gasteiger partial charge is 0.192 e. The van der Waals surface area contributed by atoms with Crippen LogP contribution < -0.4 is 20.1 Å². The molecule has 0 fully saturated rings. The van der Waals surface area contributed by atoms with Crippen molar-refractivity contribution in [2.45, 2.75) is 13.5 Å². The molecule has 0 atom stereocenters. The molecule has 2 N–H and O–H groups in total. The van der Waals surface area contributed by atoms with Crippen molar-refractivity contribution < 1.29 is 9.47 Å². The van der Waals surface area contributed by atoms with Crippen molar-refractivity contribution in [3.63, 3.8) is 0 Å². The lowest BCUT2D eigenvalue weighted by molar-refractivity contribution is 0.354. The fraction of sp³-hybridized carbons (Fsp3) is 0.400. The van der Waals surface area contributed by atoms with E-state index in [0.29, 0.717) is 30.5 Å². The van der Waals surface area contributed by atoms with Gasteiger partial charge in [-0.05, 0) is 24.6 Å². The Bertz CT molecular complexity index is 492. The minimum Gasteiger partial charge on any atom is -0.493 e. The summed E-state index contributed by atoms with van der Waals surface area (Å²) in [4.78, 5) is 4.45. The van der Waals surface area contributed by atoms with Gasteiger partial charge in [0, 0.05) is 6.54 Å². The van der Waals surface area contributed by atoms with Crippen LogP contribution >= 0.6 is 0 Å². The summed E-state index contributed by atoms with van der Waals surface area (Å²) < 4.78 is 10.5. The molecule has 0 unspecified atom stereocenters. The highest BCUT2D eigenvalue weighted by Gasteiger charge is 2.04. The lowest BCUT2D eigenvalue weighted by atomic mass is 10.2. The molecule has 0 saturated carbocycles. The summed E-state index contributed by atoms with van der Waals surface area (Å²) in [6.07, 6.45) is 5.22. The van der Waals surface area contributed by atoms with Crippen LogP contribution in [0.1, 0.15) is 12.5 Å². The Morgan fingerprint density at radius 2 is 2.00 bits per heavy atom. The topological polar surface area (TPSA) is 54.9 Å². The molecule has 5 heteroatoms. The molecule has 0 amide bonds. The number of benzene rings is 1. The van der Waals surface area contributed by atoms with Gasteiger partial charge >= 0.3 is 0 Å². The molecule has 0 radical (unpaired) electrons. The first-order valence-electron chi connectivity index (χ1n) is 6.41. The lowest BCUT2D eigenvalue weighted by Crippen LogP contribution is -2.37. The number of aliphatic imine (C=N–C) groups is 1. The average Bonchev–Trinajstić information content (AvgIpc) is 2.49. The van der Waals surface area contributed by atoms with E-state index in [4.69, 9.17) is 15.9 Å². The van der Waals surface area contributed by atoms with E-state index in [1.807, 2.05) is 25.1 Å². The van der Waals surface area contributed by atoms with Crippen LogP contribution in [0, 0.1) is 12.3 Å². The maximum Gasteiger partial charge on any atom is 0.192 e. The largest absolute Gasteiger partial charge is 0.493 e. The molecule has 20 heavy (non-hydrogen) atoms. The van der Waals surface area contributed by atoms with Gasteiger partial charge < -0.3 is 20.1 Å². The highest BCUT2D eigenvalue weighted by atomic mass is 16.5. The van der Waals surface area contributed by atoms with Gasteiger partial charge in [-0.3, -0.25) is 0 Å². The Hall–Kier alpha value is -2.35. The fourth-order valence-corrected chi connectivity index (χ4v) is 1.63. The Kier molecular flexibility index (Phi) is 6.83. The van der Waals surface area contributed by atoms with Crippen LogP contribution in [0.5, 0.6) is 11.5 Å². The van der Waals surface area contributed by atoms with Gasteiger partial charge in [-0.15, -0.1) is 6.42 Å². The van der Waals surface area contributed by atoms with Gasteiger partial charge in [-0.2, -0.15) is 0 Å². The molecule has 1 aromatic carbocycles. The summed E-state index contributed by atoms with van der Waals surface area (Å²) in [6.45, 7) is 3.75. The third-order valence-corrected chi connectivity index (χ3v) is 2.57. The number of guanidine groups is 1. The summed E-state index contributed by atoms with van der Waals surface area (Å²) in [5.41, 5.74) is 1.03. The van der Waals surface area contributed by atoms with Crippen LogP contribution in [0.4, 0.5) is 0 Å². The summed E-state index contributed by atoms with van der Waals surface area (Å²) in [5, 5.41) is 6.16. The number of ether oxygens (including phenoxy) is 2. The molecule has 108 valence electrons. The van der Waals surface area contributed by atoms with Crippen LogP contribution in [0.2, 0.25) is 0 Å². The number of nitrogens with one attached hydrogen (secondary N) is 2. The second-order valence-corrected chi connectivity index (χ2v) is 3.94. The second-order valence-electron chi connectivity index (χ2n) is 3.94. The normalized spacial score (nSPS) is 10.6. The van der Waals surface area contributed by atoms with Gasteiger partial charge in [0.05, 0.1) is 27.3 Å². The molecule has 5 nitrogen and oxygen atoms in total. The first kappa shape index (κ1) is 15.7. The van der Waals surface area contributed by atoms with Crippen LogP contribution in [0.3, 0.4) is 0 Å². The maximum atomic E-state index is 5.26. The molecule has 0 bridgehead atoms. The molecule has 1 aromatic rings. The molecule has 0 aliphatic heterocycles. The van der Waals surface area contributed by atoms with Gasteiger partial charge in [0.1, 0.15) is 0 Å². The van der Waals surface area contributed by atoms with Crippen molar-refractivity contribution >= 4 is 5.96 Å². The van der Waals surface area contributed by atoms with Gasteiger partial charge in [-0.25, -0.2) is 4.99 Å². The number of terminal acetylenes is 1. The van der Waals surface area contributed by atoms with Crippen LogP contribution in [-0.4, -0.2) is 33.3 Å². The van der Waals surface area contributed by atoms with Crippen molar-refractivity contribution in [3.05, 3.63) is 23.8 Å². The predicted molar refractivity (Wildman–Crippen MR) is 81.2 cm³/mol. The van der Waals surface area contributed by atoms with E-state index in [1.54, 1.807) is 14.2 Å². The van der Waals surface area contributed by atoms with E-state index < -0.39 is 0 Å². The highest BCUT2D eigenvalue weighted by molar-refractivity contribution is 5.80. The zero-order valence-electron chi connectivity index (χ0n) is 12.2. The monoisotopic (exact) mass is 275 g/mol. The Labute approximate surface area is 120 Å². The molecule has 0 aliphatic carbocycles. The maximum absolute atomic E-state index is 5.26. The third-order valence-electron chi connectivity index (χ3n) is 2.57. The number of methoxy groups -OCH3 is 2. The second kappa shape index (κ2) is 8.70. The number of nitrogens with zero attached hydrogens (tertiary/aromatic N) is 1. The van der Waals surface area contributed by atoms with Gasteiger partial charge in [-0.1, -0.05) is 12.0 Å². The number of hydrogen-bond acceptors (Lipinski definition) is 3. The molecular formula is C15H21N3O2. The molecule has 1 rings (SSSR count). The minimum absolute atomic E-state index is 0.442. The zero-order valence-corrected chi connectivity index (χ0v) is 12.2. The van der Waals surface area contributed by atoms with E-state index in [1.165, 1.54) is 0 Å². The van der Waals surface area contributed by atoms with Crippen molar-refractivity contribution in [2.24, 2.45) is 4.99 Å². The summed E-state index contributed by atoms with van der Waals surface area (Å²) in [6, 6.07) is 5.73. The molecular weight excluding hydrogens is 254 g/mol. The van der Waals surface area contributed by atoms with Crippen molar-refractivity contribution in [3.8, 4) is 23.8 Å². The van der Waals surface area contributed by atoms with Crippen molar-refractivity contribution in [1.82, 2.24) is 10.6 Å². The third kappa shape index (κ3) is 4.73. The van der Waals surface area contributed by atoms with Crippen LogP contribution in [-0.2, 0) is 6.54 Å². The summed E-state index contributed by atoms with van der Waals surface area (Å²) in [5.74, 6) is 4.62. The first-order chi connectivity index (χ1) is 9.74.